The number of carbonyl (C=O) groups is 2. The van der Waals surface area contributed by atoms with Gasteiger partial charge in [-0.05, 0) is 79.1 Å². The molecule has 7 nitrogen and oxygen atoms in total. The summed E-state index contributed by atoms with van der Waals surface area (Å²) in [6.45, 7) is 4.54. The molecule has 2 unspecified atom stereocenters. The molecule has 3 aromatic carbocycles. The first-order valence-electron chi connectivity index (χ1n) is 12.4. The van der Waals surface area contributed by atoms with Crippen LogP contribution < -0.4 is 19.1 Å². The number of aliphatic hydroxyl groups is 1. The number of aliphatic hydroxyl groups excluding tert-OH is 1. The summed E-state index contributed by atoms with van der Waals surface area (Å²) >= 11 is 0. The molecule has 3 aromatic rings. The highest BCUT2D eigenvalue weighted by Gasteiger charge is 2.47. The smallest absolute Gasteiger partial charge is 0.300 e. The predicted molar refractivity (Wildman–Crippen MR) is 140 cm³/mol. The van der Waals surface area contributed by atoms with E-state index < -0.39 is 17.7 Å². The molecule has 190 valence electrons. The van der Waals surface area contributed by atoms with Crippen LogP contribution >= 0.6 is 0 Å². The van der Waals surface area contributed by atoms with Crippen molar-refractivity contribution >= 4 is 23.1 Å². The first kappa shape index (κ1) is 24.4. The molecule has 0 aromatic heterocycles. The topological polar surface area (TPSA) is 85.3 Å². The minimum absolute atomic E-state index is 0.0281. The van der Waals surface area contributed by atoms with Gasteiger partial charge in [0.15, 0.2) is 0 Å². The second-order valence-corrected chi connectivity index (χ2v) is 9.24. The van der Waals surface area contributed by atoms with Crippen molar-refractivity contribution in [3.05, 3.63) is 89.0 Å². The van der Waals surface area contributed by atoms with Crippen molar-refractivity contribution in [1.29, 1.82) is 0 Å². The lowest BCUT2D eigenvalue weighted by molar-refractivity contribution is -0.132. The molecule has 0 spiro atoms. The van der Waals surface area contributed by atoms with Crippen molar-refractivity contribution in [1.82, 2.24) is 0 Å². The molecule has 37 heavy (non-hydrogen) atoms. The summed E-state index contributed by atoms with van der Waals surface area (Å²) in [6.07, 6.45) is 1.59. The number of benzene rings is 3. The zero-order valence-corrected chi connectivity index (χ0v) is 21.1. The molecule has 5 rings (SSSR count). The molecule has 0 bridgehead atoms. The Morgan fingerprint density at radius 1 is 1.05 bits per heavy atom. The molecular formula is C30H29NO6. The van der Waals surface area contributed by atoms with Crippen LogP contribution in [-0.2, 0) is 16.0 Å². The molecule has 1 N–H and O–H groups in total. The fourth-order valence-electron chi connectivity index (χ4n) is 4.88. The highest BCUT2D eigenvalue weighted by molar-refractivity contribution is 6.51. The Morgan fingerprint density at radius 3 is 2.57 bits per heavy atom. The van der Waals surface area contributed by atoms with E-state index in [0.717, 1.165) is 17.7 Å². The third-order valence-corrected chi connectivity index (χ3v) is 6.61. The Kier molecular flexibility index (Phi) is 6.61. The van der Waals surface area contributed by atoms with Crippen LogP contribution in [0.25, 0.3) is 5.76 Å². The number of ether oxygens (including phenoxy) is 3. The predicted octanol–water partition coefficient (Wildman–Crippen LogP) is 5.43. The Bertz CT molecular complexity index is 1380. The van der Waals surface area contributed by atoms with Crippen molar-refractivity contribution in [2.45, 2.75) is 38.8 Å². The summed E-state index contributed by atoms with van der Waals surface area (Å²) < 4.78 is 16.9. The molecule has 2 atom stereocenters. The molecular weight excluding hydrogens is 470 g/mol. The van der Waals surface area contributed by atoms with Crippen LogP contribution in [0.15, 0.2) is 72.3 Å². The Hall–Kier alpha value is -4.26. The third-order valence-electron chi connectivity index (χ3n) is 6.61. The van der Waals surface area contributed by atoms with Crippen molar-refractivity contribution < 1.29 is 28.9 Å². The maximum atomic E-state index is 13.5. The normalized spacial score (nSPS) is 20.0. The molecule has 7 heteroatoms. The van der Waals surface area contributed by atoms with Gasteiger partial charge in [0.2, 0.25) is 0 Å². The summed E-state index contributed by atoms with van der Waals surface area (Å²) in [6, 6.07) is 18.7. The Labute approximate surface area is 215 Å². The van der Waals surface area contributed by atoms with E-state index in [9.17, 15) is 14.7 Å². The van der Waals surface area contributed by atoms with Gasteiger partial charge in [0.05, 0.1) is 25.3 Å². The molecule has 0 aliphatic carbocycles. The van der Waals surface area contributed by atoms with Gasteiger partial charge < -0.3 is 19.3 Å². The number of methoxy groups -OCH3 is 1. The zero-order chi connectivity index (χ0) is 26.1. The van der Waals surface area contributed by atoms with E-state index in [1.807, 2.05) is 44.2 Å². The first-order chi connectivity index (χ1) is 17.9. The number of fused-ring (bicyclic) bond motifs is 1. The fourth-order valence-corrected chi connectivity index (χ4v) is 4.88. The molecule has 1 saturated heterocycles. The van der Waals surface area contributed by atoms with Crippen molar-refractivity contribution in [3.63, 3.8) is 0 Å². The van der Waals surface area contributed by atoms with E-state index in [4.69, 9.17) is 14.2 Å². The lowest BCUT2D eigenvalue weighted by Crippen LogP contribution is -2.29. The average molecular weight is 500 g/mol. The number of hydrogen-bond acceptors (Lipinski definition) is 6. The average Bonchev–Trinajstić information content (AvgIpc) is 3.42. The summed E-state index contributed by atoms with van der Waals surface area (Å²) in [5.74, 6) is 0.337. The fraction of sp³-hybridized carbons (Fsp3) is 0.267. The number of hydrogen-bond donors (Lipinski definition) is 1. The van der Waals surface area contributed by atoms with Crippen LogP contribution in [0.1, 0.15) is 43.0 Å². The van der Waals surface area contributed by atoms with Crippen LogP contribution in [0.2, 0.25) is 0 Å². The SMILES string of the molecule is CCCOc1cccc(C2/C(=C(/O)c3ccc4c(c3)CC(C)O4)C(=O)C(=O)N2c2ccc(OC)cc2)c1. The van der Waals surface area contributed by atoms with Gasteiger partial charge in [-0.3, -0.25) is 14.5 Å². The lowest BCUT2D eigenvalue weighted by atomic mass is 9.94. The number of ketones is 1. The van der Waals surface area contributed by atoms with Gasteiger partial charge in [-0.2, -0.15) is 0 Å². The molecule has 1 amide bonds. The minimum Gasteiger partial charge on any atom is -0.507 e. The molecule has 2 aliphatic heterocycles. The van der Waals surface area contributed by atoms with Crippen LogP contribution in [0.3, 0.4) is 0 Å². The second kappa shape index (κ2) is 10.0. The molecule has 1 fully saturated rings. The van der Waals surface area contributed by atoms with Crippen LogP contribution in [-0.4, -0.2) is 36.6 Å². The van der Waals surface area contributed by atoms with Crippen molar-refractivity contribution in [3.8, 4) is 17.2 Å². The van der Waals surface area contributed by atoms with E-state index in [0.29, 0.717) is 41.3 Å². The van der Waals surface area contributed by atoms with Gasteiger partial charge in [0.1, 0.15) is 29.1 Å². The van der Waals surface area contributed by atoms with Crippen molar-refractivity contribution in [2.24, 2.45) is 0 Å². The van der Waals surface area contributed by atoms with E-state index in [2.05, 4.69) is 0 Å². The first-order valence-corrected chi connectivity index (χ1v) is 12.4. The van der Waals surface area contributed by atoms with E-state index in [1.165, 1.54) is 4.90 Å². The zero-order valence-electron chi connectivity index (χ0n) is 21.1. The number of anilines is 1. The van der Waals surface area contributed by atoms with Gasteiger partial charge in [0.25, 0.3) is 11.7 Å². The summed E-state index contributed by atoms with van der Waals surface area (Å²) in [5, 5.41) is 11.5. The number of nitrogens with zero attached hydrogens (tertiary/aromatic N) is 1. The summed E-state index contributed by atoms with van der Waals surface area (Å²) in [5.41, 5.74) is 2.62. The van der Waals surface area contributed by atoms with Crippen molar-refractivity contribution in [2.75, 3.05) is 18.6 Å². The third kappa shape index (κ3) is 4.53. The summed E-state index contributed by atoms with van der Waals surface area (Å²) in [4.78, 5) is 28.3. The quantitative estimate of drug-likeness (QED) is 0.265. The summed E-state index contributed by atoms with van der Waals surface area (Å²) in [7, 11) is 1.56. The molecule has 2 aliphatic rings. The molecule has 0 saturated carbocycles. The van der Waals surface area contributed by atoms with Gasteiger partial charge in [-0.25, -0.2) is 0 Å². The Morgan fingerprint density at radius 2 is 1.84 bits per heavy atom. The number of amides is 1. The number of Topliss-reactive ketones (excluding diaryl/α,β-unsaturated/α-hetero) is 1. The second-order valence-electron chi connectivity index (χ2n) is 9.24. The molecule has 0 radical (unpaired) electrons. The number of rotatable bonds is 7. The van der Waals surface area contributed by atoms with Gasteiger partial charge in [-0.1, -0.05) is 19.1 Å². The van der Waals surface area contributed by atoms with E-state index >= 15 is 0 Å². The van der Waals surface area contributed by atoms with Crippen LogP contribution in [0.5, 0.6) is 17.2 Å². The van der Waals surface area contributed by atoms with Gasteiger partial charge >= 0.3 is 0 Å². The van der Waals surface area contributed by atoms with E-state index in [-0.39, 0.29) is 17.4 Å². The number of carbonyl (C=O) groups excluding carboxylic acids is 2. The van der Waals surface area contributed by atoms with E-state index in [1.54, 1.807) is 43.5 Å². The Balaban J connectivity index is 1.65. The maximum Gasteiger partial charge on any atom is 0.300 e. The van der Waals surface area contributed by atoms with Crippen LogP contribution in [0, 0.1) is 0 Å². The van der Waals surface area contributed by atoms with Gasteiger partial charge in [-0.15, -0.1) is 0 Å². The monoisotopic (exact) mass is 499 g/mol. The molecule has 2 heterocycles. The highest BCUT2D eigenvalue weighted by atomic mass is 16.5. The van der Waals surface area contributed by atoms with Gasteiger partial charge in [0, 0.05) is 17.7 Å². The maximum absolute atomic E-state index is 13.5. The standard InChI is InChI=1S/C30H29NO6/c1-4-14-36-24-7-5-6-19(17-24)27-26(28(32)20-8-13-25-21(16-20)15-18(2)37-25)29(33)30(34)31(27)22-9-11-23(35-3)12-10-22/h5-13,16-18,27,32H,4,14-15H2,1-3H3/b28-26-. The largest absolute Gasteiger partial charge is 0.507 e. The minimum atomic E-state index is -0.845. The highest BCUT2D eigenvalue weighted by Crippen LogP contribution is 2.43. The lowest BCUT2D eigenvalue weighted by Gasteiger charge is -2.26. The van der Waals surface area contributed by atoms with Crippen LogP contribution in [0.4, 0.5) is 5.69 Å².